The highest BCUT2D eigenvalue weighted by atomic mass is 16.3. The Morgan fingerprint density at radius 2 is 1.72 bits per heavy atom. The van der Waals surface area contributed by atoms with Crippen molar-refractivity contribution in [2.45, 2.75) is 79.2 Å². The molecule has 0 heterocycles. The summed E-state index contributed by atoms with van der Waals surface area (Å²) in [6, 6.07) is 0. The van der Waals surface area contributed by atoms with Crippen molar-refractivity contribution in [2.24, 2.45) is 29.1 Å². The van der Waals surface area contributed by atoms with Gasteiger partial charge in [-0.05, 0) is 107 Å². The first-order valence-electron chi connectivity index (χ1n) is 12.7. The average Bonchev–Trinajstić information content (AvgIpc) is 3.62. The van der Waals surface area contributed by atoms with Gasteiger partial charge >= 0.3 is 0 Å². The first kappa shape index (κ1) is 21.9. The van der Waals surface area contributed by atoms with Crippen LogP contribution in [0.3, 0.4) is 0 Å². The third-order valence-electron chi connectivity index (χ3n) is 9.82. The molecule has 0 aromatic heterocycles. The minimum Gasteiger partial charge on any atom is -0.393 e. The number of fused-ring (bicyclic) bond motifs is 4. The molecule has 0 saturated heterocycles. The summed E-state index contributed by atoms with van der Waals surface area (Å²) >= 11 is 0. The number of hydrogen-bond acceptors (Lipinski definition) is 2. The molecule has 0 amide bonds. The largest absolute Gasteiger partial charge is 0.393 e. The van der Waals surface area contributed by atoms with E-state index in [4.69, 9.17) is 0 Å². The Kier molecular flexibility index (Phi) is 4.98. The van der Waals surface area contributed by atoms with Crippen LogP contribution in [0.2, 0.25) is 0 Å². The van der Waals surface area contributed by atoms with Gasteiger partial charge in [0.15, 0.2) is 5.78 Å². The molecule has 0 bridgehead atoms. The van der Waals surface area contributed by atoms with Gasteiger partial charge in [0.05, 0.1) is 6.10 Å². The molecule has 2 nitrogen and oxygen atoms in total. The van der Waals surface area contributed by atoms with Crippen molar-refractivity contribution in [1.82, 2.24) is 0 Å². The Morgan fingerprint density at radius 1 is 1.06 bits per heavy atom. The van der Waals surface area contributed by atoms with Gasteiger partial charge in [-0.2, -0.15) is 0 Å². The van der Waals surface area contributed by atoms with Gasteiger partial charge in [-0.25, -0.2) is 0 Å². The van der Waals surface area contributed by atoms with Crippen molar-refractivity contribution in [3.8, 4) is 0 Å². The lowest BCUT2D eigenvalue weighted by Crippen LogP contribution is -2.46. The summed E-state index contributed by atoms with van der Waals surface area (Å²) in [7, 11) is 0. The highest BCUT2D eigenvalue weighted by molar-refractivity contribution is 6.01. The summed E-state index contributed by atoms with van der Waals surface area (Å²) in [6.07, 6.45) is 7.58. The molecule has 6 aliphatic rings. The lowest BCUT2D eigenvalue weighted by molar-refractivity contribution is -0.114. The molecule has 3 fully saturated rings. The van der Waals surface area contributed by atoms with Crippen molar-refractivity contribution in [3.05, 3.63) is 69.4 Å². The van der Waals surface area contributed by atoms with E-state index >= 15 is 0 Å². The van der Waals surface area contributed by atoms with Crippen LogP contribution in [-0.4, -0.2) is 17.0 Å². The molecule has 5 atom stereocenters. The van der Waals surface area contributed by atoms with E-state index in [1.807, 2.05) is 13.0 Å². The number of rotatable bonds is 3. The van der Waals surface area contributed by atoms with Crippen LogP contribution in [0.25, 0.3) is 0 Å². The highest BCUT2D eigenvalue weighted by Gasteiger charge is 2.63. The van der Waals surface area contributed by atoms with Crippen molar-refractivity contribution in [1.29, 1.82) is 0 Å². The fourth-order valence-electron chi connectivity index (χ4n) is 7.32. The Labute approximate surface area is 193 Å². The topological polar surface area (TPSA) is 37.3 Å². The molecule has 0 aliphatic heterocycles. The van der Waals surface area contributed by atoms with Gasteiger partial charge < -0.3 is 5.11 Å². The van der Waals surface area contributed by atoms with Gasteiger partial charge in [0.1, 0.15) is 0 Å². The van der Waals surface area contributed by atoms with Crippen molar-refractivity contribution in [3.63, 3.8) is 0 Å². The first-order chi connectivity index (χ1) is 15.3. The van der Waals surface area contributed by atoms with Crippen LogP contribution >= 0.6 is 0 Å². The zero-order valence-corrected chi connectivity index (χ0v) is 20.5. The van der Waals surface area contributed by atoms with Crippen molar-refractivity contribution < 1.29 is 9.90 Å². The zero-order valence-electron chi connectivity index (χ0n) is 20.5. The quantitative estimate of drug-likeness (QED) is 0.500. The SMILES string of the molecule is C=C.CCC(C)C1C2=C3C(=C4CC(C)(C(C)O)C(C)C5CCC6=CC(=O)CCC6=C45)C3=C21. The zero-order chi connectivity index (χ0) is 23.1. The average molecular weight is 431 g/mol. The Morgan fingerprint density at radius 3 is 2.31 bits per heavy atom. The summed E-state index contributed by atoms with van der Waals surface area (Å²) in [4.78, 5) is 12.1. The standard InChI is InChI=1S/C28H34O2.C2H4/c1-6-13(2)21-24-25(21)27-23(26(24)27)20-12-28(5,15(4)29)14(3)18-9-7-16-11-17(30)8-10-19(16)22(18)20;1-2/h11,13-15,18,21,29H,6-10,12H2,1-5H3;1-2H2. The fraction of sp³-hybridized carbons (Fsp3) is 0.567. The minimum atomic E-state index is -0.311. The molecule has 0 radical (unpaired) electrons. The van der Waals surface area contributed by atoms with E-state index in [1.165, 1.54) is 23.1 Å². The summed E-state index contributed by atoms with van der Waals surface area (Å²) in [5.74, 6) is 2.79. The molecule has 6 aliphatic carbocycles. The van der Waals surface area contributed by atoms with Crippen LogP contribution in [0.4, 0.5) is 0 Å². The normalized spacial score (nSPS) is 34.4. The van der Waals surface area contributed by atoms with E-state index in [0.29, 0.717) is 24.0 Å². The monoisotopic (exact) mass is 430 g/mol. The molecule has 5 unspecified atom stereocenters. The van der Waals surface area contributed by atoms with E-state index in [9.17, 15) is 9.90 Å². The number of carbonyl (C=O) groups is 1. The van der Waals surface area contributed by atoms with Gasteiger partial charge in [-0.1, -0.05) is 34.1 Å². The van der Waals surface area contributed by atoms with Crippen LogP contribution < -0.4 is 0 Å². The number of hydrogen-bond donors (Lipinski definition) is 1. The molecule has 3 saturated carbocycles. The molecule has 32 heavy (non-hydrogen) atoms. The predicted molar refractivity (Wildman–Crippen MR) is 131 cm³/mol. The van der Waals surface area contributed by atoms with Crippen LogP contribution in [-0.2, 0) is 4.79 Å². The van der Waals surface area contributed by atoms with Crippen LogP contribution in [0.15, 0.2) is 69.4 Å². The number of aliphatic hydroxyl groups is 1. The smallest absolute Gasteiger partial charge is 0.156 e. The molecule has 6 rings (SSSR count). The number of allylic oxidation sites excluding steroid dienone is 10. The van der Waals surface area contributed by atoms with Crippen LogP contribution in [0.1, 0.15) is 73.1 Å². The van der Waals surface area contributed by atoms with E-state index < -0.39 is 0 Å². The first-order valence-corrected chi connectivity index (χ1v) is 12.7. The Bertz CT molecular complexity index is 1040. The second-order valence-electron chi connectivity index (χ2n) is 11.1. The number of carbonyl (C=O) groups excluding carboxylic acids is 1. The Hall–Kier alpha value is -1.93. The summed E-state index contributed by atoms with van der Waals surface area (Å²) < 4.78 is 0. The second kappa shape index (κ2) is 7.29. The van der Waals surface area contributed by atoms with Crippen LogP contribution in [0, 0.1) is 29.1 Å². The van der Waals surface area contributed by atoms with Crippen LogP contribution in [0.5, 0.6) is 0 Å². The number of aliphatic hydroxyl groups excluding tert-OH is 1. The fourth-order valence-corrected chi connectivity index (χ4v) is 7.32. The number of ketones is 1. The predicted octanol–water partition coefficient (Wildman–Crippen LogP) is 6.80. The lowest BCUT2D eigenvalue weighted by atomic mass is 9.54. The van der Waals surface area contributed by atoms with E-state index in [1.54, 1.807) is 33.4 Å². The summed E-state index contributed by atoms with van der Waals surface area (Å²) in [5.41, 5.74) is 13.9. The maximum atomic E-state index is 12.1. The molecule has 0 aromatic carbocycles. The molecular weight excluding hydrogens is 392 g/mol. The molecule has 170 valence electrons. The third kappa shape index (κ3) is 2.71. The third-order valence-corrected chi connectivity index (χ3v) is 9.82. The lowest BCUT2D eigenvalue weighted by Gasteiger charge is -2.51. The van der Waals surface area contributed by atoms with Gasteiger partial charge in [-0.3, -0.25) is 4.79 Å². The summed E-state index contributed by atoms with van der Waals surface area (Å²) in [6.45, 7) is 17.4. The molecule has 2 heteroatoms. The van der Waals surface area contributed by atoms with E-state index in [2.05, 4.69) is 40.9 Å². The highest BCUT2D eigenvalue weighted by Crippen LogP contribution is 2.77. The van der Waals surface area contributed by atoms with Gasteiger partial charge in [0, 0.05) is 17.8 Å². The molecule has 0 aromatic rings. The minimum absolute atomic E-state index is 0.0818. The molecular formula is C30H38O2. The van der Waals surface area contributed by atoms with Crippen molar-refractivity contribution >= 4 is 5.78 Å². The van der Waals surface area contributed by atoms with E-state index in [-0.39, 0.29) is 11.5 Å². The maximum absolute atomic E-state index is 12.1. The summed E-state index contributed by atoms with van der Waals surface area (Å²) in [5, 5.41) is 10.8. The van der Waals surface area contributed by atoms with Gasteiger partial charge in [-0.15, -0.1) is 13.2 Å². The maximum Gasteiger partial charge on any atom is 0.156 e. The van der Waals surface area contributed by atoms with Gasteiger partial charge in [0.2, 0.25) is 0 Å². The van der Waals surface area contributed by atoms with E-state index in [0.717, 1.165) is 37.5 Å². The Balaban J connectivity index is 0.00000105. The molecule has 1 N–H and O–H groups in total. The van der Waals surface area contributed by atoms with Crippen molar-refractivity contribution in [2.75, 3.05) is 0 Å². The second-order valence-corrected chi connectivity index (χ2v) is 11.1. The molecule has 0 spiro atoms. The van der Waals surface area contributed by atoms with Gasteiger partial charge in [0.25, 0.3) is 0 Å².